The average molecular weight is 405 g/mol. The summed E-state index contributed by atoms with van der Waals surface area (Å²) in [6.07, 6.45) is 1.56. The fourth-order valence-corrected chi connectivity index (χ4v) is 4.42. The Morgan fingerprint density at radius 1 is 1.07 bits per heavy atom. The van der Waals surface area contributed by atoms with Crippen molar-refractivity contribution in [1.29, 1.82) is 0 Å². The van der Waals surface area contributed by atoms with Gasteiger partial charge in [0.25, 0.3) is 0 Å². The van der Waals surface area contributed by atoms with E-state index in [2.05, 4.69) is 36.9 Å². The molecule has 0 atom stereocenters. The molecule has 146 valence electrons. The lowest BCUT2D eigenvalue weighted by molar-refractivity contribution is -0.120. The van der Waals surface area contributed by atoms with Gasteiger partial charge in [-0.1, -0.05) is 24.3 Å². The lowest BCUT2D eigenvalue weighted by atomic mass is 9.95. The number of benzene rings is 1. The lowest BCUT2D eigenvalue weighted by Crippen LogP contribution is -2.38. The van der Waals surface area contributed by atoms with Gasteiger partial charge in [0.2, 0.25) is 5.91 Å². The molecular weight excluding hydrogens is 386 g/mol. The van der Waals surface area contributed by atoms with Crippen LogP contribution in [0, 0.1) is 5.92 Å². The third kappa shape index (κ3) is 3.56. The van der Waals surface area contributed by atoms with E-state index in [1.807, 2.05) is 47.8 Å². The molecule has 0 aliphatic carbocycles. The first kappa shape index (κ1) is 17.7. The predicted octanol–water partition coefficient (Wildman–Crippen LogP) is 3.10. The second-order valence-corrected chi connectivity index (χ2v) is 7.94. The molecule has 1 N–H and O–H groups in total. The van der Waals surface area contributed by atoms with Gasteiger partial charge in [-0.25, -0.2) is 0 Å². The summed E-state index contributed by atoms with van der Waals surface area (Å²) >= 11 is 1.67. The van der Waals surface area contributed by atoms with Crippen LogP contribution in [0.15, 0.2) is 53.9 Å². The van der Waals surface area contributed by atoms with E-state index < -0.39 is 0 Å². The minimum atomic E-state index is -0.0144. The van der Waals surface area contributed by atoms with Gasteiger partial charge < -0.3 is 10.2 Å². The molecule has 0 radical (unpaired) electrons. The van der Waals surface area contributed by atoms with Crippen LogP contribution in [0.4, 0.5) is 11.5 Å². The molecule has 0 spiro atoms. The largest absolute Gasteiger partial charge is 0.355 e. The number of nitrogens with zero attached hydrogens (tertiary/aromatic N) is 6. The third-order valence-corrected chi connectivity index (χ3v) is 6.12. The highest BCUT2D eigenvalue weighted by Crippen LogP contribution is 2.32. The van der Waals surface area contributed by atoms with Crippen LogP contribution in [0.1, 0.15) is 12.8 Å². The van der Waals surface area contributed by atoms with E-state index in [0.29, 0.717) is 5.65 Å². The molecule has 4 aromatic rings. The molecule has 3 aromatic heterocycles. The van der Waals surface area contributed by atoms with Crippen LogP contribution >= 0.6 is 11.3 Å². The summed E-state index contributed by atoms with van der Waals surface area (Å²) in [6, 6.07) is 15.8. The third-order valence-electron chi connectivity index (χ3n) is 5.22. The van der Waals surface area contributed by atoms with E-state index in [1.54, 1.807) is 11.3 Å². The number of carbonyl (C=O) groups excluding carboxylic acids is 1. The Morgan fingerprint density at radius 3 is 2.76 bits per heavy atom. The smallest absolute Gasteiger partial charge is 0.227 e. The first-order chi connectivity index (χ1) is 14.3. The van der Waals surface area contributed by atoms with Crippen molar-refractivity contribution < 1.29 is 4.79 Å². The molecule has 0 unspecified atom stereocenters. The maximum Gasteiger partial charge on any atom is 0.227 e. The number of para-hydroxylation sites is 1. The summed E-state index contributed by atoms with van der Waals surface area (Å²) in [7, 11) is 0. The summed E-state index contributed by atoms with van der Waals surface area (Å²) in [6.45, 7) is 1.54. The highest BCUT2D eigenvalue weighted by atomic mass is 32.1. The van der Waals surface area contributed by atoms with Gasteiger partial charge in [0.05, 0.1) is 0 Å². The molecule has 5 rings (SSSR count). The zero-order valence-corrected chi connectivity index (χ0v) is 16.4. The fourth-order valence-electron chi connectivity index (χ4n) is 3.65. The zero-order chi connectivity index (χ0) is 19.6. The van der Waals surface area contributed by atoms with Crippen LogP contribution in [0.25, 0.3) is 16.1 Å². The van der Waals surface area contributed by atoms with Crippen molar-refractivity contribution in [3.05, 3.63) is 53.9 Å². The molecule has 4 heterocycles. The standard InChI is InChI=1S/C20H19N7OS/c28-20(21-16-5-2-1-4-15(16)17-6-3-13-29-17)14-9-11-26(12-10-14)19-8-7-18-22-24-25-27(18)23-19/h1-8,13-14H,9-12H2,(H,21,28). The van der Waals surface area contributed by atoms with E-state index in [9.17, 15) is 4.79 Å². The van der Waals surface area contributed by atoms with Gasteiger partial charge in [-0.3, -0.25) is 4.79 Å². The Bertz CT molecular complexity index is 1130. The quantitative estimate of drug-likeness (QED) is 0.561. The number of tetrazole rings is 1. The number of nitrogens with one attached hydrogen (secondary N) is 1. The SMILES string of the molecule is O=C(Nc1ccccc1-c1cccs1)C1CCN(c2ccc3nnnn3n2)CC1. The van der Waals surface area contributed by atoms with Crippen molar-refractivity contribution in [1.82, 2.24) is 25.3 Å². The first-order valence-electron chi connectivity index (χ1n) is 9.52. The van der Waals surface area contributed by atoms with Gasteiger partial charge in [0.1, 0.15) is 0 Å². The van der Waals surface area contributed by atoms with Crippen molar-refractivity contribution in [2.45, 2.75) is 12.8 Å². The molecular formula is C20H19N7OS. The Morgan fingerprint density at radius 2 is 1.93 bits per heavy atom. The molecule has 29 heavy (non-hydrogen) atoms. The van der Waals surface area contributed by atoms with Crippen LogP contribution < -0.4 is 10.2 Å². The molecule has 8 nitrogen and oxygen atoms in total. The van der Waals surface area contributed by atoms with Gasteiger partial charge in [-0.05, 0) is 52.9 Å². The number of hydrogen-bond acceptors (Lipinski definition) is 7. The van der Waals surface area contributed by atoms with Gasteiger partial charge in [-0.15, -0.1) is 26.2 Å². The van der Waals surface area contributed by atoms with Crippen molar-refractivity contribution in [2.24, 2.45) is 5.92 Å². The first-order valence-corrected chi connectivity index (χ1v) is 10.4. The number of amides is 1. The topological polar surface area (TPSA) is 88.3 Å². The zero-order valence-electron chi connectivity index (χ0n) is 15.6. The number of hydrogen-bond donors (Lipinski definition) is 1. The molecule has 1 fully saturated rings. The Kier molecular flexibility index (Phi) is 4.65. The minimum absolute atomic E-state index is 0.0144. The molecule has 1 aliphatic heterocycles. The Balaban J connectivity index is 1.25. The number of aromatic nitrogens is 5. The summed E-state index contributed by atoms with van der Waals surface area (Å²) in [4.78, 5) is 16.2. The van der Waals surface area contributed by atoms with Crippen LogP contribution in [0.3, 0.4) is 0 Å². The van der Waals surface area contributed by atoms with Crippen molar-refractivity contribution in [2.75, 3.05) is 23.3 Å². The van der Waals surface area contributed by atoms with Crippen LogP contribution in [0.5, 0.6) is 0 Å². The number of rotatable bonds is 4. The average Bonchev–Trinajstić information content (AvgIpc) is 3.46. The summed E-state index contributed by atoms with van der Waals surface area (Å²) in [5.41, 5.74) is 2.55. The summed E-state index contributed by atoms with van der Waals surface area (Å²) in [5, 5.41) is 21.0. The predicted molar refractivity (Wildman–Crippen MR) is 112 cm³/mol. The van der Waals surface area contributed by atoms with Gasteiger partial charge in [0.15, 0.2) is 11.5 Å². The van der Waals surface area contributed by atoms with E-state index >= 15 is 0 Å². The van der Waals surface area contributed by atoms with Crippen LogP contribution in [-0.2, 0) is 4.79 Å². The van der Waals surface area contributed by atoms with E-state index in [0.717, 1.165) is 47.9 Å². The van der Waals surface area contributed by atoms with Crippen LogP contribution in [-0.4, -0.2) is 44.3 Å². The second-order valence-electron chi connectivity index (χ2n) is 6.99. The second kappa shape index (κ2) is 7.59. The fraction of sp³-hybridized carbons (Fsp3) is 0.250. The Hall–Kier alpha value is -3.33. The van der Waals surface area contributed by atoms with Gasteiger partial charge in [0, 0.05) is 35.1 Å². The maximum atomic E-state index is 12.9. The lowest BCUT2D eigenvalue weighted by Gasteiger charge is -2.32. The summed E-state index contributed by atoms with van der Waals surface area (Å²) in [5.74, 6) is 0.892. The Labute approximate surface area is 171 Å². The normalized spacial score (nSPS) is 15.0. The van der Waals surface area contributed by atoms with E-state index in [1.165, 1.54) is 4.63 Å². The summed E-state index contributed by atoms with van der Waals surface area (Å²) < 4.78 is 1.43. The maximum absolute atomic E-state index is 12.9. The molecule has 0 saturated carbocycles. The monoisotopic (exact) mass is 405 g/mol. The molecule has 9 heteroatoms. The molecule has 1 saturated heterocycles. The number of carbonyl (C=O) groups is 1. The van der Waals surface area contributed by atoms with E-state index in [-0.39, 0.29) is 11.8 Å². The highest BCUT2D eigenvalue weighted by molar-refractivity contribution is 7.13. The van der Waals surface area contributed by atoms with Crippen molar-refractivity contribution in [3.63, 3.8) is 0 Å². The van der Waals surface area contributed by atoms with Gasteiger partial charge >= 0.3 is 0 Å². The molecule has 1 aromatic carbocycles. The molecule has 0 bridgehead atoms. The molecule has 1 amide bonds. The molecule has 1 aliphatic rings. The van der Waals surface area contributed by atoms with Crippen molar-refractivity contribution in [3.8, 4) is 10.4 Å². The van der Waals surface area contributed by atoms with Crippen molar-refractivity contribution >= 4 is 34.4 Å². The highest BCUT2D eigenvalue weighted by Gasteiger charge is 2.26. The number of piperidine rings is 1. The van der Waals surface area contributed by atoms with E-state index in [4.69, 9.17) is 0 Å². The number of anilines is 2. The number of fused-ring (bicyclic) bond motifs is 1. The minimum Gasteiger partial charge on any atom is -0.355 e. The van der Waals surface area contributed by atoms with Gasteiger partial charge in [-0.2, -0.15) is 0 Å². The number of thiophene rings is 1. The van der Waals surface area contributed by atoms with Crippen LogP contribution in [0.2, 0.25) is 0 Å².